The fourth-order valence-electron chi connectivity index (χ4n) is 1.91. The Kier molecular flexibility index (Phi) is 6.56. The number of hydroxylamine groups is 2. The lowest BCUT2D eigenvalue weighted by Gasteiger charge is -2.21. The first-order chi connectivity index (χ1) is 11.1. The Morgan fingerprint density at radius 2 is 1.83 bits per heavy atom. The number of benzene rings is 2. The van der Waals surface area contributed by atoms with E-state index in [1.165, 1.54) is 5.06 Å². The van der Waals surface area contributed by atoms with E-state index in [-0.39, 0.29) is 6.61 Å². The highest BCUT2D eigenvalue weighted by Gasteiger charge is 2.17. The fourth-order valence-corrected chi connectivity index (χ4v) is 2.19. The van der Waals surface area contributed by atoms with Crippen LogP contribution in [0.1, 0.15) is 12.5 Å². The van der Waals surface area contributed by atoms with E-state index in [0.717, 1.165) is 5.56 Å². The lowest BCUT2D eigenvalue weighted by molar-refractivity contribution is -0.0461. The van der Waals surface area contributed by atoms with Crippen molar-refractivity contribution in [3.63, 3.8) is 0 Å². The van der Waals surface area contributed by atoms with E-state index in [2.05, 4.69) is 0 Å². The van der Waals surface area contributed by atoms with E-state index < -0.39 is 6.09 Å². The van der Waals surface area contributed by atoms with Gasteiger partial charge in [-0.3, -0.25) is 0 Å². The molecule has 1 amide bonds. The Bertz CT molecular complexity index is 650. The minimum Gasteiger partial charge on any atom is -0.448 e. The van der Waals surface area contributed by atoms with Crippen molar-refractivity contribution in [3.05, 3.63) is 64.1 Å². The third-order valence-corrected chi connectivity index (χ3v) is 3.76. The summed E-state index contributed by atoms with van der Waals surface area (Å²) in [7, 11) is 0. The third-order valence-electron chi connectivity index (χ3n) is 3.02. The van der Waals surface area contributed by atoms with E-state index in [1.54, 1.807) is 25.1 Å². The van der Waals surface area contributed by atoms with Crippen LogP contribution in [0.4, 0.5) is 4.79 Å². The highest BCUT2D eigenvalue weighted by molar-refractivity contribution is 6.42. The normalized spacial score (nSPS) is 10.2. The van der Waals surface area contributed by atoms with Crippen LogP contribution >= 0.6 is 23.2 Å². The van der Waals surface area contributed by atoms with Gasteiger partial charge in [0.1, 0.15) is 0 Å². The molecule has 0 radical (unpaired) electrons. The first-order valence-corrected chi connectivity index (χ1v) is 7.97. The Hall–Kier alpha value is -1.91. The third kappa shape index (κ3) is 5.34. The predicted molar refractivity (Wildman–Crippen MR) is 91.0 cm³/mol. The molecule has 0 saturated heterocycles. The van der Waals surface area contributed by atoms with Gasteiger partial charge in [0.25, 0.3) is 0 Å². The molecule has 0 unspecified atom stereocenters. The maximum atomic E-state index is 12.0. The van der Waals surface area contributed by atoms with Gasteiger partial charge >= 0.3 is 6.09 Å². The average molecular weight is 354 g/mol. The number of hydrogen-bond acceptors (Lipinski definition) is 3. The molecule has 0 aromatic heterocycles. The molecule has 0 heterocycles. The fraction of sp³-hybridized carbons (Fsp3) is 0.235. The minimum atomic E-state index is -0.547. The number of nitrogens with zero attached hydrogens (tertiary/aromatic N) is 1. The van der Waals surface area contributed by atoms with Crippen molar-refractivity contribution < 1.29 is 14.4 Å². The van der Waals surface area contributed by atoms with Gasteiger partial charge in [0.05, 0.1) is 23.2 Å². The quantitative estimate of drug-likeness (QED) is 0.686. The number of carbonyl (C=O) groups excluding carboxylic acids is 1. The average Bonchev–Trinajstić information content (AvgIpc) is 2.56. The second-order valence-corrected chi connectivity index (χ2v) is 5.52. The molecular weight excluding hydrogens is 337 g/mol. The molecule has 2 aromatic rings. The van der Waals surface area contributed by atoms with Crippen molar-refractivity contribution in [2.75, 3.05) is 13.2 Å². The Balaban J connectivity index is 2.07. The molecule has 2 aromatic carbocycles. The lowest BCUT2D eigenvalue weighted by atomic mass is 10.1. The summed E-state index contributed by atoms with van der Waals surface area (Å²) in [6, 6.07) is 14.6. The number of rotatable bonds is 6. The molecule has 0 atom stereocenters. The number of carbonyl (C=O) groups is 1. The summed E-state index contributed by atoms with van der Waals surface area (Å²) in [5.41, 5.74) is 1.10. The summed E-state index contributed by atoms with van der Waals surface area (Å²) in [6.45, 7) is 2.36. The van der Waals surface area contributed by atoms with Crippen LogP contribution in [0.3, 0.4) is 0 Å². The summed E-state index contributed by atoms with van der Waals surface area (Å²) >= 11 is 11.8. The van der Waals surface area contributed by atoms with Crippen LogP contribution in [-0.4, -0.2) is 24.3 Å². The number of hydrogen-bond donors (Lipinski definition) is 0. The standard InChI is InChI=1S/C17H17Cl2NO3/c1-2-22-17(21)20(11-10-13-6-4-3-5-7-13)23-14-8-9-15(18)16(19)12-14/h3-9,12H,2,10-11H2,1H3. The molecular formula is C17H17Cl2NO3. The van der Waals surface area contributed by atoms with Crippen molar-refractivity contribution in [2.24, 2.45) is 0 Å². The first kappa shape index (κ1) is 17.4. The zero-order chi connectivity index (χ0) is 16.7. The number of halogens is 2. The molecule has 0 fully saturated rings. The van der Waals surface area contributed by atoms with Crippen molar-refractivity contribution in [1.29, 1.82) is 0 Å². The van der Waals surface area contributed by atoms with Crippen molar-refractivity contribution >= 4 is 29.3 Å². The molecule has 0 aliphatic rings. The number of amides is 1. The van der Waals surface area contributed by atoms with Crippen LogP contribution in [0, 0.1) is 0 Å². The van der Waals surface area contributed by atoms with Gasteiger partial charge in [-0.05, 0) is 31.0 Å². The van der Waals surface area contributed by atoms with Gasteiger partial charge in [0.15, 0.2) is 5.75 Å². The molecule has 0 aliphatic heterocycles. The first-order valence-electron chi connectivity index (χ1n) is 7.21. The topological polar surface area (TPSA) is 38.8 Å². The molecule has 0 spiro atoms. The molecule has 122 valence electrons. The van der Waals surface area contributed by atoms with Gasteiger partial charge in [-0.2, -0.15) is 0 Å². The minimum absolute atomic E-state index is 0.269. The maximum absolute atomic E-state index is 12.0. The molecule has 2 rings (SSSR count). The van der Waals surface area contributed by atoms with E-state index in [9.17, 15) is 4.79 Å². The van der Waals surface area contributed by atoms with Gasteiger partial charge in [0, 0.05) is 6.07 Å². The van der Waals surface area contributed by atoms with Gasteiger partial charge in [-0.15, -0.1) is 5.06 Å². The summed E-state index contributed by atoms with van der Waals surface area (Å²) < 4.78 is 5.02. The molecule has 0 bridgehead atoms. The van der Waals surface area contributed by atoms with E-state index in [4.69, 9.17) is 32.8 Å². The van der Waals surface area contributed by atoms with Crippen LogP contribution in [0.25, 0.3) is 0 Å². The Morgan fingerprint density at radius 1 is 1.09 bits per heavy atom. The van der Waals surface area contributed by atoms with Crippen molar-refractivity contribution in [1.82, 2.24) is 5.06 Å². The monoisotopic (exact) mass is 353 g/mol. The summed E-state index contributed by atoms with van der Waals surface area (Å²) in [4.78, 5) is 17.6. The van der Waals surface area contributed by atoms with Gasteiger partial charge < -0.3 is 9.57 Å². The summed E-state index contributed by atoms with van der Waals surface area (Å²) in [5, 5.41) is 1.96. The van der Waals surface area contributed by atoms with Crippen LogP contribution in [0.5, 0.6) is 5.75 Å². The van der Waals surface area contributed by atoms with Crippen molar-refractivity contribution in [2.45, 2.75) is 13.3 Å². The lowest BCUT2D eigenvalue weighted by Crippen LogP contribution is -2.36. The zero-order valence-corrected chi connectivity index (χ0v) is 14.2. The zero-order valence-electron chi connectivity index (χ0n) is 12.7. The molecule has 23 heavy (non-hydrogen) atoms. The molecule has 4 nitrogen and oxygen atoms in total. The predicted octanol–water partition coefficient (Wildman–Crippen LogP) is 4.99. The van der Waals surface area contributed by atoms with Gasteiger partial charge in [-0.1, -0.05) is 53.5 Å². The molecule has 0 aliphatic carbocycles. The van der Waals surface area contributed by atoms with Crippen LogP contribution in [0.2, 0.25) is 10.0 Å². The smallest absolute Gasteiger partial charge is 0.443 e. The molecule has 0 N–H and O–H groups in total. The summed E-state index contributed by atoms with van der Waals surface area (Å²) in [6.07, 6.45) is 0.0931. The van der Waals surface area contributed by atoms with Crippen molar-refractivity contribution in [3.8, 4) is 5.75 Å². The highest BCUT2D eigenvalue weighted by Crippen LogP contribution is 2.26. The Labute approximate surface area is 145 Å². The number of ether oxygens (including phenoxy) is 1. The molecule has 6 heteroatoms. The largest absolute Gasteiger partial charge is 0.448 e. The SMILES string of the molecule is CCOC(=O)N(CCc1ccccc1)Oc1ccc(Cl)c(Cl)c1. The van der Waals surface area contributed by atoms with E-state index in [0.29, 0.717) is 28.8 Å². The van der Waals surface area contributed by atoms with E-state index in [1.807, 2.05) is 30.3 Å². The highest BCUT2D eigenvalue weighted by atomic mass is 35.5. The van der Waals surface area contributed by atoms with Crippen LogP contribution < -0.4 is 4.84 Å². The van der Waals surface area contributed by atoms with Gasteiger partial charge in [-0.25, -0.2) is 4.79 Å². The maximum Gasteiger partial charge on any atom is 0.443 e. The second-order valence-electron chi connectivity index (χ2n) is 4.70. The Morgan fingerprint density at radius 3 is 2.48 bits per heavy atom. The summed E-state index contributed by atoms with van der Waals surface area (Å²) in [5.74, 6) is 0.417. The second kappa shape index (κ2) is 8.65. The molecule has 0 saturated carbocycles. The van der Waals surface area contributed by atoms with Gasteiger partial charge in [0.2, 0.25) is 0 Å². The van der Waals surface area contributed by atoms with E-state index >= 15 is 0 Å². The van der Waals surface area contributed by atoms with Crippen LogP contribution in [0.15, 0.2) is 48.5 Å². The van der Waals surface area contributed by atoms with Crippen LogP contribution in [-0.2, 0) is 11.2 Å².